The molecule has 5 nitrogen and oxygen atoms in total. The number of morpholine rings is 1. The van der Waals surface area contributed by atoms with E-state index in [0.717, 1.165) is 25.0 Å². The van der Waals surface area contributed by atoms with Crippen LogP contribution >= 0.6 is 0 Å². The first-order valence-corrected chi connectivity index (χ1v) is 6.68. The fraction of sp³-hybridized carbons (Fsp3) is 0.267. The second-order valence-electron chi connectivity index (χ2n) is 4.65. The molecule has 1 fully saturated rings. The van der Waals surface area contributed by atoms with Crippen LogP contribution in [0.2, 0.25) is 0 Å². The summed E-state index contributed by atoms with van der Waals surface area (Å²) >= 11 is 0. The first-order valence-electron chi connectivity index (χ1n) is 6.68. The molecule has 3 rings (SSSR count). The van der Waals surface area contributed by atoms with Gasteiger partial charge in [-0.1, -0.05) is 6.07 Å². The molecule has 1 aliphatic rings. The lowest BCUT2D eigenvalue weighted by Gasteiger charge is -2.27. The Balaban J connectivity index is 1.77. The van der Waals surface area contributed by atoms with E-state index in [2.05, 4.69) is 9.88 Å². The van der Waals surface area contributed by atoms with E-state index in [9.17, 15) is 9.50 Å². The highest BCUT2D eigenvalue weighted by Gasteiger charge is 2.13. The number of phenolic OH excluding ortho intramolecular Hbond substituents is 1. The first kappa shape index (κ1) is 13.6. The molecule has 110 valence electrons. The summed E-state index contributed by atoms with van der Waals surface area (Å²) in [6.45, 7) is 2.93. The number of halogens is 1. The Morgan fingerprint density at radius 2 is 2.00 bits per heavy atom. The third-order valence-corrected chi connectivity index (χ3v) is 3.18. The highest BCUT2D eigenvalue weighted by atomic mass is 19.1. The van der Waals surface area contributed by atoms with Crippen molar-refractivity contribution in [3.8, 4) is 17.4 Å². The molecule has 0 aliphatic carbocycles. The van der Waals surface area contributed by atoms with Crippen LogP contribution in [0.3, 0.4) is 0 Å². The molecule has 1 N–H and O–H groups in total. The number of hydrogen-bond donors (Lipinski definition) is 1. The maximum absolute atomic E-state index is 13.0. The van der Waals surface area contributed by atoms with Gasteiger partial charge in [0.2, 0.25) is 5.88 Å². The average Bonchev–Trinajstić information content (AvgIpc) is 2.52. The quantitative estimate of drug-likeness (QED) is 0.941. The molecule has 0 saturated carbocycles. The van der Waals surface area contributed by atoms with Gasteiger partial charge in [0, 0.05) is 25.2 Å². The summed E-state index contributed by atoms with van der Waals surface area (Å²) in [5, 5.41) is 9.34. The van der Waals surface area contributed by atoms with Crippen molar-refractivity contribution >= 4 is 5.82 Å². The third-order valence-electron chi connectivity index (χ3n) is 3.18. The highest BCUT2D eigenvalue weighted by Crippen LogP contribution is 2.27. The number of rotatable bonds is 3. The van der Waals surface area contributed by atoms with Gasteiger partial charge in [-0.2, -0.15) is 4.98 Å². The molecule has 0 amide bonds. The summed E-state index contributed by atoms with van der Waals surface area (Å²) in [7, 11) is 0. The molecule has 6 heteroatoms. The van der Waals surface area contributed by atoms with Gasteiger partial charge in [-0.3, -0.25) is 0 Å². The summed E-state index contributed by atoms with van der Waals surface area (Å²) in [4.78, 5) is 6.53. The number of ether oxygens (including phenoxy) is 2. The average molecular weight is 290 g/mol. The number of benzene rings is 1. The van der Waals surface area contributed by atoms with Crippen LogP contribution in [0.4, 0.5) is 10.2 Å². The van der Waals surface area contributed by atoms with Crippen molar-refractivity contribution in [3.63, 3.8) is 0 Å². The minimum atomic E-state index is -0.683. The third kappa shape index (κ3) is 3.22. The van der Waals surface area contributed by atoms with Crippen LogP contribution in [0.1, 0.15) is 0 Å². The lowest BCUT2D eigenvalue weighted by atomic mass is 10.3. The van der Waals surface area contributed by atoms with Gasteiger partial charge in [-0.05, 0) is 18.2 Å². The molecule has 2 aromatic rings. The molecular formula is C15H15FN2O3. The number of aromatic nitrogens is 1. The topological polar surface area (TPSA) is 54.8 Å². The van der Waals surface area contributed by atoms with Gasteiger partial charge in [0.15, 0.2) is 11.6 Å². The monoisotopic (exact) mass is 290 g/mol. The molecule has 2 heterocycles. The SMILES string of the molecule is Oc1cc(Oc2cccc(N3CCOCC3)n2)ccc1F. The second-order valence-corrected chi connectivity index (χ2v) is 4.65. The van der Waals surface area contributed by atoms with Crippen LogP contribution in [-0.2, 0) is 4.74 Å². The summed E-state index contributed by atoms with van der Waals surface area (Å²) in [5.41, 5.74) is 0. The van der Waals surface area contributed by atoms with Crippen LogP contribution in [0.25, 0.3) is 0 Å². The number of aromatic hydroxyl groups is 1. The Bertz CT molecular complexity index is 630. The zero-order valence-corrected chi connectivity index (χ0v) is 11.3. The standard InChI is InChI=1S/C15H15FN2O3/c16-12-5-4-11(10-13(12)19)21-15-3-1-2-14(17-15)18-6-8-20-9-7-18/h1-5,10,19H,6-9H2. The summed E-state index contributed by atoms with van der Waals surface area (Å²) < 4.78 is 23.9. The number of anilines is 1. The van der Waals surface area contributed by atoms with E-state index in [0.29, 0.717) is 24.8 Å². The first-order chi connectivity index (χ1) is 10.2. The fourth-order valence-corrected chi connectivity index (χ4v) is 2.11. The number of phenols is 1. The maximum Gasteiger partial charge on any atom is 0.221 e. The Morgan fingerprint density at radius 1 is 1.19 bits per heavy atom. The van der Waals surface area contributed by atoms with Crippen LogP contribution in [0.5, 0.6) is 17.4 Å². The van der Waals surface area contributed by atoms with E-state index < -0.39 is 11.6 Å². The van der Waals surface area contributed by atoms with Crippen LogP contribution in [-0.4, -0.2) is 36.4 Å². The Labute approximate surface area is 121 Å². The van der Waals surface area contributed by atoms with E-state index in [1.807, 2.05) is 12.1 Å². The number of nitrogens with zero attached hydrogens (tertiary/aromatic N) is 2. The van der Waals surface area contributed by atoms with E-state index in [1.165, 1.54) is 12.1 Å². The zero-order valence-electron chi connectivity index (χ0n) is 11.3. The van der Waals surface area contributed by atoms with Gasteiger partial charge in [0.05, 0.1) is 13.2 Å². The normalized spacial score (nSPS) is 15.0. The Hall–Kier alpha value is -2.34. The van der Waals surface area contributed by atoms with Crippen LogP contribution in [0, 0.1) is 5.82 Å². The van der Waals surface area contributed by atoms with Gasteiger partial charge < -0.3 is 19.5 Å². The van der Waals surface area contributed by atoms with E-state index in [-0.39, 0.29) is 0 Å². The Morgan fingerprint density at radius 3 is 2.76 bits per heavy atom. The van der Waals surface area contributed by atoms with Crippen molar-refractivity contribution < 1.29 is 19.0 Å². The second kappa shape index (κ2) is 5.97. The molecule has 21 heavy (non-hydrogen) atoms. The van der Waals surface area contributed by atoms with Crippen molar-refractivity contribution in [3.05, 3.63) is 42.2 Å². The lowest BCUT2D eigenvalue weighted by Crippen LogP contribution is -2.36. The maximum atomic E-state index is 13.0. The summed E-state index contributed by atoms with van der Waals surface area (Å²) in [6, 6.07) is 9.27. The lowest BCUT2D eigenvalue weighted by molar-refractivity contribution is 0.122. The van der Waals surface area contributed by atoms with Crippen molar-refractivity contribution in [1.29, 1.82) is 0 Å². The van der Waals surface area contributed by atoms with E-state index in [4.69, 9.17) is 9.47 Å². The van der Waals surface area contributed by atoms with Gasteiger partial charge >= 0.3 is 0 Å². The number of hydrogen-bond acceptors (Lipinski definition) is 5. The van der Waals surface area contributed by atoms with Crippen molar-refractivity contribution in [2.45, 2.75) is 0 Å². The van der Waals surface area contributed by atoms with Crippen molar-refractivity contribution in [2.75, 3.05) is 31.2 Å². The molecule has 1 aromatic carbocycles. The van der Waals surface area contributed by atoms with Crippen LogP contribution < -0.4 is 9.64 Å². The molecule has 0 spiro atoms. The van der Waals surface area contributed by atoms with Crippen molar-refractivity contribution in [2.24, 2.45) is 0 Å². The predicted octanol–water partition coefficient (Wildman–Crippen LogP) is 2.56. The molecule has 0 atom stereocenters. The van der Waals surface area contributed by atoms with Gasteiger partial charge in [0.25, 0.3) is 0 Å². The van der Waals surface area contributed by atoms with Gasteiger partial charge in [-0.15, -0.1) is 0 Å². The van der Waals surface area contributed by atoms with E-state index >= 15 is 0 Å². The molecular weight excluding hydrogens is 275 g/mol. The highest BCUT2D eigenvalue weighted by molar-refractivity contribution is 5.42. The molecule has 0 radical (unpaired) electrons. The predicted molar refractivity (Wildman–Crippen MR) is 75.4 cm³/mol. The molecule has 0 bridgehead atoms. The van der Waals surface area contributed by atoms with Crippen LogP contribution in [0.15, 0.2) is 36.4 Å². The largest absolute Gasteiger partial charge is 0.505 e. The smallest absolute Gasteiger partial charge is 0.221 e. The molecule has 1 aliphatic heterocycles. The van der Waals surface area contributed by atoms with Crippen molar-refractivity contribution in [1.82, 2.24) is 4.98 Å². The van der Waals surface area contributed by atoms with E-state index in [1.54, 1.807) is 6.07 Å². The fourth-order valence-electron chi connectivity index (χ4n) is 2.11. The summed E-state index contributed by atoms with van der Waals surface area (Å²) in [6.07, 6.45) is 0. The van der Waals surface area contributed by atoms with Gasteiger partial charge in [-0.25, -0.2) is 4.39 Å². The minimum absolute atomic E-state index is 0.334. The zero-order chi connectivity index (χ0) is 14.7. The summed E-state index contributed by atoms with van der Waals surface area (Å²) in [5.74, 6) is 0.405. The Kier molecular flexibility index (Phi) is 3.87. The molecule has 0 unspecified atom stereocenters. The molecule has 1 aromatic heterocycles. The molecule has 1 saturated heterocycles. The minimum Gasteiger partial charge on any atom is -0.505 e. The van der Waals surface area contributed by atoms with Gasteiger partial charge in [0.1, 0.15) is 11.6 Å². The number of pyridine rings is 1.